The number of carbonyl (C=O) groups is 1. The van der Waals surface area contributed by atoms with Crippen LogP contribution in [0.1, 0.15) is 25.3 Å². The van der Waals surface area contributed by atoms with Crippen LogP contribution in [-0.2, 0) is 11.2 Å². The van der Waals surface area contributed by atoms with Crippen molar-refractivity contribution in [2.24, 2.45) is 0 Å². The van der Waals surface area contributed by atoms with E-state index in [4.69, 9.17) is 4.74 Å². The molecule has 0 aliphatic carbocycles. The fourth-order valence-electron chi connectivity index (χ4n) is 1.98. The Hall–Kier alpha value is -2.29. The van der Waals surface area contributed by atoms with E-state index in [1.165, 1.54) is 0 Å². The van der Waals surface area contributed by atoms with Crippen LogP contribution in [0, 0.1) is 0 Å². The van der Waals surface area contributed by atoms with Gasteiger partial charge in [0.15, 0.2) is 0 Å². The summed E-state index contributed by atoms with van der Waals surface area (Å²) >= 11 is 0. The summed E-state index contributed by atoms with van der Waals surface area (Å²) in [5.74, 6) is 0.771. The van der Waals surface area contributed by atoms with Gasteiger partial charge in [-0.15, -0.1) is 0 Å². The monoisotopic (exact) mass is 283 g/mol. The van der Waals surface area contributed by atoms with Crippen LogP contribution >= 0.6 is 0 Å². The smallest absolute Gasteiger partial charge is 0.228 e. The second-order valence-corrected chi connectivity index (χ2v) is 4.94. The number of anilines is 1. The zero-order chi connectivity index (χ0) is 14.9. The van der Waals surface area contributed by atoms with Gasteiger partial charge >= 0.3 is 0 Å². The fourth-order valence-corrected chi connectivity index (χ4v) is 1.98. The quantitative estimate of drug-likeness (QED) is 0.779. The Balaban J connectivity index is 1.90. The van der Waals surface area contributed by atoms with Gasteiger partial charge in [-0.1, -0.05) is 49.7 Å². The zero-order valence-electron chi connectivity index (χ0n) is 12.3. The van der Waals surface area contributed by atoms with Gasteiger partial charge in [0.05, 0.1) is 13.0 Å². The van der Waals surface area contributed by atoms with Gasteiger partial charge in [-0.2, -0.15) is 0 Å². The lowest BCUT2D eigenvalue weighted by Crippen LogP contribution is -2.14. The first kappa shape index (κ1) is 15.1. The van der Waals surface area contributed by atoms with Crippen molar-refractivity contribution in [1.82, 2.24) is 0 Å². The molecule has 0 spiro atoms. The Kier molecular flexibility index (Phi) is 5.83. The van der Waals surface area contributed by atoms with Gasteiger partial charge in [-0.25, -0.2) is 0 Å². The van der Waals surface area contributed by atoms with E-state index in [1.807, 2.05) is 54.6 Å². The summed E-state index contributed by atoms with van der Waals surface area (Å²) in [6.45, 7) is 2.83. The third-order valence-corrected chi connectivity index (χ3v) is 3.09. The molecule has 1 N–H and O–H groups in total. The Morgan fingerprint density at radius 3 is 2.67 bits per heavy atom. The highest BCUT2D eigenvalue weighted by molar-refractivity contribution is 5.92. The van der Waals surface area contributed by atoms with Crippen LogP contribution in [0.3, 0.4) is 0 Å². The molecule has 1 amide bonds. The first-order chi connectivity index (χ1) is 10.3. The predicted molar refractivity (Wildman–Crippen MR) is 85.6 cm³/mol. The molecule has 0 aromatic heterocycles. The van der Waals surface area contributed by atoms with Crippen molar-refractivity contribution in [1.29, 1.82) is 0 Å². The Morgan fingerprint density at radius 1 is 1.10 bits per heavy atom. The highest BCUT2D eigenvalue weighted by Crippen LogP contribution is 2.18. The minimum atomic E-state index is -0.0214. The van der Waals surface area contributed by atoms with Crippen LogP contribution in [0.15, 0.2) is 54.6 Å². The Labute approximate surface area is 126 Å². The second kappa shape index (κ2) is 8.10. The van der Waals surface area contributed by atoms with E-state index in [9.17, 15) is 4.79 Å². The molecule has 0 fully saturated rings. The second-order valence-electron chi connectivity index (χ2n) is 4.94. The topological polar surface area (TPSA) is 38.3 Å². The SMILES string of the molecule is CCCCOc1cccc(NC(=O)Cc2ccccc2)c1. The van der Waals surface area contributed by atoms with E-state index in [0.717, 1.165) is 29.8 Å². The third-order valence-electron chi connectivity index (χ3n) is 3.09. The lowest BCUT2D eigenvalue weighted by molar-refractivity contribution is -0.115. The number of benzene rings is 2. The van der Waals surface area contributed by atoms with E-state index >= 15 is 0 Å². The van der Waals surface area contributed by atoms with Crippen molar-refractivity contribution in [2.45, 2.75) is 26.2 Å². The average Bonchev–Trinajstić information content (AvgIpc) is 2.49. The molecule has 0 heterocycles. The van der Waals surface area contributed by atoms with Crippen LogP contribution < -0.4 is 10.1 Å². The molecule has 0 atom stereocenters. The first-order valence-corrected chi connectivity index (χ1v) is 7.34. The summed E-state index contributed by atoms with van der Waals surface area (Å²) in [5.41, 5.74) is 1.77. The van der Waals surface area contributed by atoms with Crippen LogP contribution in [-0.4, -0.2) is 12.5 Å². The predicted octanol–water partition coefficient (Wildman–Crippen LogP) is 4.05. The molecule has 0 aliphatic heterocycles. The van der Waals surface area contributed by atoms with Gasteiger partial charge in [0, 0.05) is 11.8 Å². The molecule has 21 heavy (non-hydrogen) atoms. The molecule has 0 bridgehead atoms. The van der Waals surface area contributed by atoms with Crippen molar-refractivity contribution in [3.05, 3.63) is 60.2 Å². The average molecular weight is 283 g/mol. The highest BCUT2D eigenvalue weighted by atomic mass is 16.5. The summed E-state index contributed by atoms with van der Waals surface area (Å²) in [7, 11) is 0. The number of nitrogens with one attached hydrogen (secondary N) is 1. The lowest BCUT2D eigenvalue weighted by Gasteiger charge is -2.09. The number of hydrogen-bond acceptors (Lipinski definition) is 2. The van der Waals surface area contributed by atoms with Crippen molar-refractivity contribution < 1.29 is 9.53 Å². The van der Waals surface area contributed by atoms with Gasteiger partial charge in [0.25, 0.3) is 0 Å². The Morgan fingerprint density at radius 2 is 1.90 bits per heavy atom. The molecule has 2 aromatic carbocycles. The van der Waals surface area contributed by atoms with Crippen molar-refractivity contribution in [3.8, 4) is 5.75 Å². The van der Waals surface area contributed by atoms with Gasteiger partial charge in [0.1, 0.15) is 5.75 Å². The Bertz CT molecular complexity index is 566. The minimum absolute atomic E-state index is 0.0214. The number of unbranched alkanes of at least 4 members (excludes halogenated alkanes) is 1. The standard InChI is InChI=1S/C18H21NO2/c1-2-3-12-21-17-11-7-10-16(14-17)19-18(20)13-15-8-5-4-6-9-15/h4-11,14H,2-3,12-13H2,1H3,(H,19,20). The highest BCUT2D eigenvalue weighted by Gasteiger charge is 2.04. The van der Waals surface area contributed by atoms with Crippen LogP contribution in [0.25, 0.3) is 0 Å². The van der Waals surface area contributed by atoms with Crippen molar-refractivity contribution >= 4 is 11.6 Å². The van der Waals surface area contributed by atoms with Crippen LogP contribution in [0.4, 0.5) is 5.69 Å². The molecule has 0 saturated carbocycles. The van der Waals surface area contributed by atoms with E-state index in [-0.39, 0.29) is 5.91 Å². The number of hydrogen-bond donors (Lipinski definition) is 1. The molecule has 0 radical (unpaired) electrons. The molecule has 3 nitrogen and oxygen atoms in total. The molecular weight excluding hydrogens is 262 g/mol. The summed E-state index contributed by atoms with van der Waals surface area (Å²) in [4.78, 5) is 12.0. The molecule has 0 aliphatic rings. The summed E-state index contributed by atoms with van der Waals surface area (Å²) in [5, 5.41) is 2.90. The largest absolute Gasteiger partial charge is 0.494 e. The summed E-state index contributed by atoms with van der Waals surface area (Å²) < 4.78 is 5.64. The number of amides is 1. The molecule has 2 rings (SSSR count). The van der Waals surface area contributed by atoms with Gasteiger partial charge in [-0.05, 0) is 24.1 Å². The maximum atomic E-state index is 12.0. The molecule has 0 saturated heterocycles. The van der Waals surface area contributed by atoms with Gasteiger partial charge < -0.3 is 10.1 Å². The van der Waals surface area contributed by atoms with Crippen molar-refractivity contribution in [3.63, 3.8) is 0 Å². The molecule has 110 valence electrons. The summed E-state index contributed by atoms with van der Waals surface area (Å²) in [6.07, 6.45) is 2.51. The molecule has 3 heteroatoms. The van der Waals surface area contributed by atoms with Crippen LogP contribution in [0.5, 0.6) is 5.75 Å². The minimum Gasteiger partial charge on any atom is -0.494 e. The molecular formula is C18H21NO2. The normalized spacial score (nSPS) is 10.1. The molecule has 0 unspecified atom stereocenters. The maximum Gasteiger partial charge on any atom is 0.228 e. The summed E-state index contributed by atoms with van der Waals surface area (Å²) in [6, 6.07) is 17.2. The maximum absolute atomic E-state index is 12.0. The number of carbonyl (C=O) groups excluding carboxylic acids is 1. The van der Waals surface area contributed by atoms with E-state index < -0.39 is 0 Å². The van der Waals surface area contributed by atoms with E-state index in [1.54, 1.807) is 0 Å². The van der Waals surface area contributed by atoms with Crippen molar-refractivity contribution in [2.75, 3.05) is 11.9 Å². The van der Waals surface area contributed by atoms with E-state index in [0.29, 0.717) is 13.0 Å². The molecule has 2 aromatic rings. The zero-order valence-corrected chi connectivity index (χ0v) is 12.3. The van der Waals surface area contributed by atoms with Gasteiger partial charge in [-0.3, -0.25) is 4.79 Å². The first-order valence-electron chi connectivity index (χ1n) is 7.34. The third kappa shape index (κ3) is 5.30. The fraction of sp³-hybridized carbons (Fsp3) is 0.278. The number of rotatable bonds is 7. The number of ether oxygens (including phenoxy) is 1. The van der Waals surface area contributed by atoms with E-state index in [2.05, 4.69) is 12.2 Å². The lowest BCUT2D eigenvalue weighted by atomic mass is 10.1. The van der Waals surface area contributed by atoms with Crippen LogP contribution in [0.2, 0.25) is 0 Å². The van der Waals surface area contributed by atoms with Gasteiger partial charge in [0.2, 0.25) is 5.91 Å².